The summed E-state index contributed by atoms with van der Waals surface area (Å²) in [5, 5.41) is 2.06. The lowest BCUT2D eigenvalue weighted by molar-refractivity contribution is -0.189. The topological polar surface area (TPSA) is 76.8 Å². The Hall–Kier alpha value is -3.45. The number of aromatic nitrogens is 2. The molecule has 0 N–H and O–H groups in total. The van der Waals surface area contributed by atoms with Gasteiger partial charge in [-0.05, 0) is 74.5 Å². The maximum absolute atomic E-state index is 6.61. The highest BCUT2D eigenvalue weighted by Crippen LogP contribution is 2.41. The van der Waals surface area contributed by atoms with Crippen molar-refractivity contribution in [3.05, 3.63) is 101 Å². The molecule has 3 fully saturated rings. The summed E-state index contributed by atoms with van der Waals surface area (Å²) in [6, 6.07) is 22.6. The molecule has 0 bridgehead atoms. The Morgan fingerprint density at radius 1 is 0.980 bits per heavy atom. The number of aliphatic imine (C=N–C) groups is 1. The standard InChI is InChI=1S/C37H42Cl2N6O4S/c1-26(2)45-21-35(46-3)50-36(45)41-28-5-7-29(8-6-28)43-16-18-44(19-17-43)30-9-11-31(12-10-30)47-22-32-23-48-37(49-32,24-42-15-14-40-25-42)33-13-4-27(38)20-34(33)39/h4-15,20,25-26,32,35H,16-19,21-24H2,1-3H3/t32-,35?,37-/m1/s1. The zero-order valence-corrected chi connectivity index (χ0v) is 30.8. The third-order valence-corrected chi connectivity index (χ3v) is 10.9. The van der Waals surface area contributed by atoms with Crippen LogP contribution < -0.4 is 14.5 Å². The molecule has 0 saturated carbocycles. The van der Waals surface area contributed by atoms with Gasteiger partial charge in [0.15, 0.2) is 5.17 Å². The number of ether oxygens (including phenoxy) is 4. The van der Waals surface area contributed by atoms with E-state index in [4.69, 9.17) is 47.1 Å². The number of anilines is 2. The van der Waals surface area contributed by atoms with Gasteiger partial charge in [-0.15, -0.1) is 0 Å². The maximum atomic E-state index is 6.61. The van der Waals surface area contributed by atoms with Crippen LogP contribution in [0, 0.1) is 0 Å². The number of hydrogen-bond acceptors (Lipinski definition) is 9. The Morgan fingerprint density at radius 3 is 2.30 bits per heavy atom. The van der Waals surface area contributed by atoms with Gasteiger partial charge in [0, 0.05) is 73.7 Å². The molecule has 1 unspecified atom stereocenters. The molecule has 3 aromatic carbocycles. The van der Waals surface area contributed by atoms with Crippen LogP contribution in [0.1, 0.15) is 19.4 Å². The molecule has 4 aromatic rings. The average Bonchev–Trinajstić information content (AvgIpc) is 3.89. The highest BCUT2D eigenvalue weighted by molar-refractivity contribution is 8.14. The molecule has 0 amide bonds. The van der Waals surface area contributed by atoms with Gasteiger partial charge in [-0.25, -0.2) is 9.98 Å². The highest BCUT2D eigenvalue weighted by atomic mass is 35.5. The van der Waals surface area contributed by atoms with Crippen LogP contribution >= 0.6 is 35.0 Å². The van der Waals surface area contributed by atoms with Gasteiger partial charge in [-0.3, -0.25) is 0 Å². The lowest BCUT2D eigenvalue weighted by atomic mass is 10.1. The fraction of sp³-hybridized carbons (Fsp3) is 0.405. The van der Waals surface area contributed by atoms with E-state index in [9.17, 15) is 0 Å². The Kier molecular flexibility index (Phi) is 10.8. The van der Waals surface area contributed by atoms with E-state index in [-0.39, 0.29) is 11.5 Å². The number of imidazole rings is 1. The van der Waals surface area contributed by atoms with Gasteiger partial charge >= 0.3 is 0 Å². The van der Waals surface area contributed by atoms with E-state index in [1.807, 2.05) is 29.0 Å². The summed E-state index contributed by atoms with van der Waals surface area (Å²) in [5.41, 5.74) is 4.20. The summed E-state index contributed by atoms with van der Waals surface area (Å²) < 4.78 is 26.5. The SMILES string of the molecule is COC1CN(C(C)C)C(=Nc2ccc(N3CCN(c4ccc(OC[C@@H]5CO[C@@](Cn6ccnc6)(c6ccc(Cl)cc6Cl)O5)cc4)CC3)cc2)S1. The lowest BCUT2D eigenvalue weighted by Crippen LogP contribution is -2.46. The first-order chi connectivity index (χ1) is 24.3. The van der Waals surface area contributed by atoms with Crippen molar-refractivity contribution in [1.29, 1.82) is 0 Å². The first kappa shape index (κ1) is 35.0. The second kappa shape index (κ2) is 15.4. The molecule has 1 aromatic heterocycles. The van der Waals surface area contributed by atoms with Crippen molar-refractivity contribution in [2.45, 2.75) is 43.8 Å². The van der Waals surface area contributed by atoms with Crippen molar-refractivity contribution < 1.29 is 18.9 Å². The molecule has 13 heteroatoms. The first-order valence-corrected chi connectivity index (χ1v) is 18.5. The number of rotatable bonds is 11. The summed E-state index contributed by atoms with van der Waals surface area (Å²) in [5.74, 6) is -0.307. The van der Waals surface area contributed by atoms with E-state index in [1.165, 1.54) is 11.4 Å². The van der Waals surface area contributed by atoms with Crippen molar-refractivity contribution >= 4 is 57.2 Å². The quantitative estimate of drug-likeness (QED) is 0.158. The Bertz CT molecular complexity index is 1750. The average molecular weight is 738 g/mol. The van der Waals surface area contributed by atoms with E-state index in [2.05, 4.69) is 69.9 Å². The molecule has 0 spiro atoms. The number of hydrogen-bond donors (Lipinski definition) is 0. The van der Waals surface area contributed by atoms with Crippen LogP contribution in [0.3, 0.4) is 0 Å². The number of amidine groups is 1. The van der Waals surface area contributed by atoms with Crippen LogP contribution in [0.4, 0.5) is 17.1 Å². The van der Waals surface area contributed by atoms with Gasteiger partial charge in [-0.2, -0.15) is 0 Å². The molecule has 0 radical (unpaired) electrons. The van der Waals surface area contributed by atoms with E-state index in [1.54, 1.807) is 43.5 Å². The zero-order chi connectivity index (χ0) is 34.7. The van der Waals surface area contributed by atoms with Crippen LogP contribution in [-0.4, -0.2) is 90.2 Å². The van der Waals surface area contributed by atoms with Crippen molar-refractivity contribution in [3.8, 4) is 5.75 Å². The second-order valence-electron chi connectivity index (χ2n) is 12.9. The van der Waals surface area contributed by atoms with E-state index < -0.39 is 5.79 Å². The molecule has 7 rings (SSSR count). The maximum Gasteiger partial charge on any atom is 0.215 e. The largest absolute Gasteiger partial charge is 0.491 e. The minimum atomic E-state index is -1.09. The zero-order valence-electron chi connectivity index (χ0n) is 28.5. The van der Waals surface area contributed by atoms with Gasteiger partial charge in [0.25, 0.3) is 0 Å². The molecule has 3 saturated heterocycles. The molecule has 3 aliphatic heterocycles. The third kappa shape index (κ3) is 7.88. The summed E-state index contributed by atoms with van der Waals surface area (Å²) in [6.07, 6.45) is 5.02. The van der Waals surface area contributed by atoms with Crippen LogP contribution in [-0.2, 0) is 26.5 Å². The number of thioether (sulfide) groups is 1. The van der Waals surface area contributed by atoms with Gasteiger partial charge < -0.3 is 38.2 Å². The summed E-state index contributed by atoms with van der Waals surface area (Å²) in [6.45, 7) is 10.1. The van der Waals surface area contributed by atoms with Gasteiger partial charge in [0.2, 0.25) is 5.79 Å². The second-order valence-corrected chi connectivity index (χ2v) is 14.9. The smallest absolute Gasteiger partial charge is 0.215 e. The molecule has 3 atom stereocenters. The minimum Gasteiger partial charge on any atom is -0.491 e. The van der Waals surface area contributed by atoms with Crippen LogP contribution in [0.5, 0.6) is 5.75 Å². The predicted molar refractivity (Wildman–Crippen MR) is 201 cm³/mol. The minimum absolute atomic E-state index is 0.124. The lowest BCUT2D eigenvalue weighted by Gasteiger charge is -2.37. The molecule has 3 aliphatic rings. The third-order valence-electron chi connectivity index (χ3n) is 9.22. The fourth-order valence-electron chi connectivity index (χ4n) is 6.50. The summed E-state index contributed by atoms with van der Waals surface area (Å²) in [4.78, 5) is 16.3. The molecule has 0 aliphatic carbocycles. The molecule has 10 nitrogen and oxygen atoms in total. The van der Waals surface area contributed by atoms with Crippen molar-refractivity contribution in [3.63, 3.8) is 0 Å². The van der Waals surface area contributed by atoms with Crippen LogP contribution in [0.2, 0.25) is 10.0 Å². The monoisotopic (exact) mass is 736 g/mol. The Labute approximate surface area is 307 Å². The Balaban J connectivity index is 0.913. The molecular weight excluding hydrogens is 695 g/mol. The Morgan fingerprint density at radius 2 is 1.68 bits per heavy atom. The summed E-state index contributed by atoms with van der Waals surface area (Å²) in [7, 11) is 1.76. The van der Waals surface area contributed by atoms with E-state index in [0.717, 1.165) is 49.3 Å². The van der Waals surface area contributed by atoms with Crippen molar-refractivity contribution in [2.24, 2.45) is 4.99 Å². The summed E-state index contributed by atoms with van der Waals surface area (Å²) >= 11 is 14.5. The number of nitrogens with zero attached hydrogens (tertiary/aromatic N) is 6. The molecule has 50 heavy (non-hydrogen) atoms. The normalized spacial score (nSPS) is 23.4. The van der Waals surface area contributed by atoms with Crippen LogP contribution in [0.25, 0.3) is 0 Å². The molecule has 264 valence electrons. The van der Waals surface area contributed by atoms with Crippen molar-refractivity contribution in [2.75, 3.05) is 62.8 Å². The van der Waals surface area contributed by atoms with Crippen LogP contribution in [0.15, 0.2) is 90.4 Å². The van der Waals surface area contributed by atoms with Gasteiger partial charge in [0.1, 0.15) is 23.9 Å². The van der Waals surface area contributed by atoms with Crippen molar-refractivity contribution in [1.82, 2.24) is 14.5 Å². The predicted octanol–water partition coefficient (Wildman–Crippen LogP) is 7.28. The number of halogens is 2. The highest BCUT2D eigenvalue weighted by Gasteiger charge is 2.45. The molecule has 4 heterocycles. The van der Waals surface area contributed by atoms with E-state index in [0.29, 0.717) is 41.4 Å². The first-order valence-electron chi connectivity index (χ1n) is 16.9. The fourth-order valence-corrected chi connectivity index (χ4v) is 8.19. The number of piperazine rings is 1. The van der Waals surface area contributed by atoms with E-state index >= 15 is 0 Å². The molecular formula is C37H42Cl2N6O4S. The number of methoxy groups -OCH3 is 1. The number of benzene rings is 3. The van der Waals surface area contributed by atoms with Gasteiger partial charge in [0.05, 0.1) is 36.7 Å². The van der Waals surface area contributed by atoms with Gasteiger partial charge in [-0.1, -0.05) is 41.0 Å².